The third kappa shape index (κ3) is 3.86. The van der Waals surface area contributed by atoms with Crippen LogP contribution < -0.4 is 5.73 Å². The number of hydrogen-bond acceptors (Lipinski definition) is 6. The molecule has 2 atom stereocenters. The van der Waals surface area contributed by atoms with Crippen molar-refractivity contribution < 1.29 is 18.3 Å². The molecule has 0 saturated heterocycles. The Hall–Kier alpha value is -2.71. The van der Waals surface area contributed by atoms with Crippen LogP contribution in [0.5, 0.6) is 0 Å². The first-order valence-corrected chi connectivity index (χ1v) is 8.35. The number of hydrogen-bond donors (Lipinski definition) is 2. The Bertz CT molecular complexity index is 958. The summed E-state index contributed by atoms with van der Waals surface area (Å²) in [5, 5.41) is 10.5. The Kier molecular flexibility index (Phi) is 5.03. The lowest BCUT2D eigenvalue weighted by atomic mass is 9.84. The van der Waals surface area contributed by atoms with E-state index in [0.717, 1.165) is 6.07 Å². The highest BCUT2D eigenvalue weighted by Crippen LogP contribution is 2.35. The molecule has 0 amide bonds. The molecule has 6 nitrogen and oxygen atoms in total. The van der Waals surface area contributed by atoms with Crippen molar-refractivity contribution in [1.29, 1.82) is 0 Å². The standard InChI is InChI=1S/C19H20F2N4O2/c1-10-18(27-11(2)25-10)17(26)6-19(3,22)14-4-13(15(20)5-16(14)21)12-7-23-9-24-8-12/h4-5,7-9,17,26H,6,22H2,1-3H3/t17-,19?/m1/s1. The minimum Gasteiger partial charge on any atom is -0.443 e. The molecule has 0 bridgehead atoms. The van der Waals surface area contributed by atoms with Crippen molar-refractivity contribution >= 4 is 0 Å². The topological polar surface area (TPSA) is 98.1 Å². The maximum atomic E-state index is 14.5. The first kappa shape index (κ1) is 19.1. The van der Waals surface area contributed by atoms with Gasteiger partial charge in [0.2, 0.25) is 0 Å². The molecule has 3 rings (SSSR count). The maximum absolute atomic E-state index is 14.5. The van der Waals surface area contributed by atoms with Gasteiger partial charge in [0.25, 0.3) is 0 Å². The zero-order valence-corrected chi connectivity index (χ0v) is 15.2. The Morgan fingerprint density at radius 1 is 1.19 bits per heavy atom. The second-order valence-electron chi connectivity index (χ2n) is 6.76. The van der Waals surface area contributed by atoms with Crippen LogP contribution in [0.2, 0.25) is 0 Å². The van der Waals surface area contributed by atoms with Crippen LogP contribution in [0.1, 0.15) is 42.4 Å². The molecule has 0 aliphatic carbocycles. The van der Waals surface area contributed by atoms with Crippen molar-refractivity contribution in [2.75, 3.05) is 0 Å². The van der Waals surface area contributed by atoms with Crippen LogP contribution in [-0.4, -0.2) is 20.1 Å². The molecule has 1 aromatic carbocycles. The largest absolute Gasteiger partial charge is 0.443 e. The Morgan fingerprint density at radius 2 is 1.85 bits per heavy atom. The molecular weight excluding hydrogens is 354 g/mol. The fourth-order valence-corrected chi connectivity index (χ4v) is 3.11. The maximum Gasteiger partial charge on any atom is 0.191 e. The van der Waals surface area contributed by atoms with E-state index >= 15 is 0 Å². The lowest BCUT2D eigenvalue weighted by molar-refractivity contribution is 0.111. The average molecular weight is 374 g/mol. The number of aryl methyl sites for hydroxylation is 2. The summed E-state index contributed by atoms with van der Waals surface area (Å²) >= 11 is 0. The highest BCUT2D eigenvalue weighted by molar-refractivity contribution is 5.63. The van der Waals surface area contributed by atoms with E-state index in [4.69, 9.17) is 10.2 Å². The highest BCUT2D eigenvalue weighted by Gasteiger charge is 2.32. The van der Waals surface area contributed by atoms with Crippen molar-refractivity contribution in [3.05, 3.63) is 65.4 Å². The Balaban J connectivity index is 1.97. The molecule has 1 unspecified atom stereocenters. The molecule has 0 fully saturated rings. The molecule has 0 radical (unpaired) electrons. The van der Waals surface area contributed by atoms with Crippen LogP contribution in [-0.2, 0) is 5.54 Å². The first-order chi connectivity index (χ1) is 12.7. The van der Waals surface area contributed by atoms with Crippen molar-refractivity contribution in [2.24, 2.45) is 5.73 Å². The summed E-state index contributed by atoms with van der Waals surface area (Å²) in [6.45, 7) is 4.93. The predicted octanol–water partition coefficient (Wildman–Crippen LogP) is 3.32. The molecule has 0 saturated carbocycles. The monoisotopic (exact) mass is 374 g/mol. The van der Waals surface area contributed by atoms with E-state index in [2.05, 4.69) is 15.0 Å². The zero-order chi connectivity index (χ0) is 19.8. The van der Waals surface area contributed by atoms with Gasteiger partial charge >= 0.3 is 0 Å². The van der Waals surface area contributed by atoms with E-state index in [9.17, 15) is 13.9 Å². The SMILES string of the molecule is Cc1nc(C)c([C@H](O)CC(C)(N)c2cc(-c3cncnc3)c(F)cc2F)o1. The number of aliphatic hydroxyl groups excluding tert-OH is 1. The number of halogens is 2. The first-order valence-electron chi connectivity index (χ1n) is 8.35. The minimum absolute atomic E-state index is 0.0459. The second kappa shape index (κ2) is 7.13. The number of nitrogens with two attached hydrogens (primary N) is 1. The Labute approximate surface area is 155 Å². The number of benzene rings is 1. The molecule has 2 heterocycles. The van der Waals surface area contributed by atoms with Crippen molar-refractivity contribution in [1.82, 2.24) is 15.0 Å². The fourth-order valence-electron chi connectivity index (χ4n) is 3.11. The van der Waals surface area contributed by atoms with Crippen LogP contribution in [0.3, 0.4) is 0 Å². The number of nitrogens with zero attached hydrogens (tertiary/aromatic N) is 3. The summed E-state index contributed by atoms with van der Waals surface area (Å²) in [5.74, 6) is -0.845. The van der Waals surface area contributed by atoms with Gasteiger partial charge in [-0.1, -0.05) is 0 Å². The van der Waals surface area contributed by atoms with E-state index in [-0.39, 0.29) is 23.3 Å². The summed E-state index contributed by atoms with van der Waals surface area (Å²) in [6, 6.07) is 2.10. The average Bonchev–Trinajstić information content (AvgIpc) is 2.93. The third-order valence-electron chi connectivity index (χ3n) is 4.40. The van der Waals surface area contributed by atoms with Gasteiger partial charge in [-0.15, -0.1) is 0 Å². The number of aliphatic hydroxyl groups is 1. The van der Waals surface area contributed by atoms with Gasteiger partial charge in [-0.3, -0.25) is 0 Å². The second-order valence-corrected chi connectivity index (χ2v) is 6.76. The van der Waals surface area contributed by atoms with Gasteiger partial charge in [0.1, 0.15) is 24.1 Å². The van der Waals surface area contributed by atoms with Crippen LogP contribution >= 0.6 is 0 Å². The third-order valence-corrected chi connectivity index (χ3v) is 4.40. The summed E-state index contributed by atoms with van der Waals surface area (Å²) in [7, 11) is 0. The normalized spacial score (nSPS) is 14.8. The number of oxazole rings is 1. The lowest BCUT2D eigenvalue weighted by Gasteiger charge is -2.28. The summed E-state index contributed by atoms with van der Waals surface area (Å²) in [4.78, 5) is 11.8. The fraction of sp³-hybridized carbons (Fsp3) is 0.316. The van der Waals surface area contributed by atoms with Gasteiger partial charge in [-0.2, -0.15) is 0 Å². The molecule has 0 aliphatic rings. The summed E-state index contributed by atoms with van der Waals surface area (Å²) in [5.41, 5.74) is 6.15. The summed E-state index contributed by atoms with van der Waals surface area (Å²) in [6.07, 6.45) is 3.04. The van der Waals surface area contributed by atoms with E-state index in [1.165, 1.54) is 24.8 Å². The smallest absolute Gasteiger partial charge is 0.191 e. The predicted molar refractivity (Wildman–Crippen MR) is 94.5 cm³/mol. The molecule has 27 heavy (non-hydrogen) atoms. The van der Waals surface area contributed by atoms with Crippen LogP contribution in [0, 0.1) is 25.5 Å². The number of aromatic nitrogens is 3. The van der Waals surface area contributed by atoms with Gasteiger partial charge in [0.15, 0.2) is 11.7 Å². The lowest BCUT2D eigenvalue weighted by Crippen LogP contribution is -2.36. The molecule has 2 aromatic heterocycles. The van der Waals surface area contributed by atoms with E-state index in [1.54, 1.807) is 20.8 Å². The minimum atomic E-state index is -1.30. The van der Waals surface area contributed by atoms with Crippen LogP contribution in [0.25, 0.3) is 11.1 Å². The molecule has 3 aromatic rings. The molecule has 0 spiro atoms. The molecule has 3 N–H and O–H groups in total. The Morgan fingerprint density at radius 3 is 2.44 bits per heavy atom. The van der Waals surface area contributed by atoms with Crippen LogP contribution in [0.4, 0.5) is 8.78 Å². The summed E-state index contributed by atoms with van der Waals surface area (Å²) < 4.78 is 34.2. The molecular formula is C19H20F2N4O2. The quantitative estimate of drug-likeness (QED) is 0.711. The zero-order valence-electron chi connectivity index (χ0n) is 15.2. The molecule has 0 aliphatic heterocycles. The van der Waals surface area contributed by atoms with Gasteiger partial charge in [-0.25, -0.2) is 23.7 Å². The van der Waals surface area contributed by atoms with E-state index in [1.807, 2.05) is 0 Å². The molecule has 8 heteroatoms. The van der Waals surface area contributed by atoms with E-state index in [0.29, 0.717) is 17.1 Å². The van der Waals surface area contributed by atoms with Crippen molar-refractivity contribution in [3.8, 4) is 11.1 Å². The van der Waals surface area contributed by atoms with Gasteiger partial charge in [0, 0.05) is 54.0 Å². The number of rotatable bonds is 5. The molecule has 142 valence electrons. The van der Waals surface area contributed by atoms with Gasteiger partial charge in [-0.05, 0) is 19.9 Å². The van der Waals surface area contributed by atoms with Crippen molar-refractivity contribution in [2.45, 2.75) is 38.8 Å². The van der Waals surface area contributed by atoms with Gasteiger partial charge in [0.05, 0.1) is 5.69 Å². The van der Waals surface area contributed by atoms with E-state index < -0.39 is 23.3 Å². The van der Waals surface area contributed by atoms with Gasteiger partial charge < -0.3 is 15.3 Å². The van der Waals surface area contributed by atoms with Crippen molar-refractivity contribution in [3.63, 3.8) is 0 Å². The van der Waals surface area contributed by atoms with Crippen LogP contribution in [0.15, 0.2) is 35.3 Å². The highest BCUT2D eigenvalue weighted by atomic mass is 19.1.